The first-order chi connectivity index (χ1) is 12.7. The molecule has 0 radical (unpaired) electrons. The number of carbonyl (C=O) groups is 3. The third-order valence-electron chi connectivity index (χ3n) is 5.62. The van der Waals surface area contributed by atoms with Crippen LogP contribution in [0, 0.1) is 5.92 Å². The van der Waals surface area contributed by atoms with Crippen molar-refractivity contribution in [3.8, 4) is 0 Å². The van der Waals surface area contributed by atoms with E-state index in [-0.39, 0.29) is 24.3 Å². The summed E-state index contributed by atoms with van der Waals surface area (Å²) in [7, 11) is 1.63. The number of imide groups is 1. The number of amides is 4. The zero-order valence-corrected chi connectivity index (χ0v) is 16.9. The summed E-state index contributed by atoms with van der Waals surface area (Å²) in [6, 6.07) is 4.67. The molecule has 0 bridgehead atoms. The smallest absolute Gasteiger partial charge is 0.325 e. The summed E-state index contributed by atoms with van der Waals surface area (Å²) in [6.07, 6.45) is 3.47. The van der Waals surface area contributed by atoms with Crippen molar-refractivity contribution in [2.45, 2.75) is 44.7 Å². The van der Waals surface area contributed by atoms with Crippen LogP contribution < -0.4 is 5.32 Å². The van der Waals surface area contributed by atoms with E-state index in [2.05, 4.69) is 5.32 Å². The topological polar surface area (TPSA) is 69.7 Å². The maximum Gasteiger partial charge on any atom is 0.325 e. The van der Waals surface area contributed by atoms with E-state index in [0.29, 0.717) is 23.0 Å². The normalized spacial score (nSPS) is 25.0. The van der Waals surface area contributed by atoms with Crippen molar-refractivity contribution in [3.05, 3.63) is 33.8 Å². The van der Waals surface area contributed by atoms with E-state index in [0.717, 1.165) is 29.7 Å². The highest BCUT2D eigenvalue weighted by Crippen LogP contribution is 2.38. The number of hydrogen-bond donors (Lipinski definition) is 1. The number of rotatable bonds is 4. The Balaban J connectivity index is 1.67. The summed E-state index contributed by atoms with van der Waals surface area (Å²) < 4.78 is 0. The van der Waals surface area contributed by atoms with E-state index < -0.39 is 11.6 Å². The molecule has 2 aliphatic rings. The number of nitrogens with zero attached hydrogens (tertiary/aromatic N) is 2. The van der Waals surface area contributed by atoms with E-state index >= 15 is 0 Å². The maximum atomic E-state index is 12.9. The highest BCUT2D eigenvalue weighted by molar-refractivity contribution is 6.42. The Morgan fingerprint density at radius 2 is 2.04 bits per heavy atom. The van der Waals surface area contributed by atoms with E-state index in [4.69, 9.17) is 23.2 Å². The van der Waals surface area contributed by atoms with Crippen LogP contribution in [0.2, 0.25) is 10.0 Å². The minimum absolute atomic E-state index is 0.0664. The van der Waals surface area contributed by atoms with Crippen molar-refractivity contribution in [1.29, 1.82) is 0 Å². The van der Waals surface area contributed by atoms with Gasteiger partial charge in [-0.25, -0.2) is 4.79 Å². The Kier molecular flexibility index (Phi) is 5.68. The summed E-state index contributed by atoms with van der Waals surface area (Å²) in [4.78, 5) is 40.4. The van der Waals surface area contributed by atoms with Crippen molar-refractivity contribution >= 4 is 41.0 Å². The second kappa shape index (κ2) is 7.68. The molecule has 1 spiro atoms. The minimum Gasteiger partial charge on any atom is -0.340 e. The molecule has 6 nitrogen and oxygen atoms in total. The molecule has 1 saturated carbocycles. The Hall–Kier alpha value is -1.79. The number of nitrogens with one attached hydrogen (secondary N) is 1. The number of halogens is 2. The van der Waals surface area contributed by atoms with Crippen LogP contribution in [0.15, 0.2) is 18.2 Å². The average molecular weight is 412 g/mol. The Morgan fingerprint density at radius 1 is 1.30 bits per heavy atom. The molecular weight excluding hydrogens is 389 g/mol. The third-order valence-corrected chi connectivity index (χ3v) is 6.36. The minimum atomic E-state index is -0.849. The van der Waals surface area contributed by atoms with Gasteiger partial charge in [0.05, 0.1) is 10.0 Å². The van der Waals surface area contributed by atoms with E-state index in [1.54, 1.807) is 25.2 Å². The fourth-order valence-electron chi connectivity index (χ4n) is 3.90. The molecule has 27 heavy (non-hydrogen) atoms. The van der Waals surface area contributed by atoms with Gasteiger partial charge >= 0.3 is 6.03 Å². The van der Waals surface area contributed by atoms with Gasteiger partial charge < -0.3 is 10.2 Å². The van der Waals surface area contributed by atoms with Crippen molar-refractivity contribution in [2.24, 2.45) is 5.92 Å². The van der Waals surface area contributed by atoms with Gasteiger partial charge in [-0.2, -0.15) is 0 Å². The highest BCUT2D eigenvalue weighted by atomic mass is 35.5. The SMILES string of the molecule is C[C@@H]1CCCC[C@@]12NC(=O)N(CC(=O)N(C)Cc1ccc(Cl)c(Cl)c1)C2=O. The Morgan fingerprint density at radius 3 is 2.70 bits per heavy atom. The molecular formula is C19H23Cl2N3O3. The van der Waals surface area contributed by atoms with Crippen LogP contribution in [-0.2, 0) is 16.1 Å². The largest absolute Gasteiger partial charge is 0.340 e. The quantitative estimate of drug-likeness (QED) is 0.771. The number of likely N-dealkylation sites (N-methyl/N-ethyl adjacent to an activating group) is 1. The molecule has 1 N–H and O–H groups in total. The van der Waals surface area contributed by atoms with Gasteiger partial charge in [0, 0.05) is 13.6 Å². The average Bonchev–Trinajstić information content (AvgIpc) is 2.85. The summed E-state index contributed by atoms with van der Waals surface area (Å²) in [6.45, 7) is 2.02. The van der Waals surface area contributed by atoms with E-state index in [1.165, 1.54) is 4.90 Å². The molecule has 3 rings (SSSR count). The van der Waals surface area contributed by atoms with Gasteiger partial charge in [-0.1, -0.05) is 49.0 Å². The van der Waals surface area contributed by atoms with E-state index in [9.17, 15) is 14.4 Å². The zero-order valence-electron chi connectivity index (χ0n) is 15.4. The molecule has 1 aliphatic carbocycles. The Labute approximate surface area is 168 Å². The summed E-state index contributed by atoms with van der Waals surface area (Å²) in [5.41, 5.74) is -0.0347. The van der Waals surface area contributed by atoms with Gasteiger partial charge in [-0.05, 0) is 36.5 Å². The lowest BCUT2D eigenvalue weighted by molar-refractivity contribution is -0.140. The van der Waals surface area contributed by atoms with Gasteiger partial charge in [-0.15, -0.1) is 0 Å². The van der Waals surface area contributed by atoms with Gasteiger partial charge in [0.1, 0.15) is 12.1 Å². The number of benzene rings is 1. The van der Waals surface area contributed by atoms with Crippen LogP contribution in [0.1, 0.15) is 38.2 Å². The number of carbonyl (C=O) groups excluding carboxylic acids is 3. The second-order valence-electron chi connectivity index (χ2n) is 7.44. The zero-order chi connectivity index (χ0) is 19.8. The molecule has 2 fully saturated rings. The van der Waals surface area contributed by atoms with Crippen molar-refractivity contribution < 1.29 is 14.4 Å². The van der Waals surface area contributed by atoms with Crippen LogP contribution in [0.5, 0.6) is 0 Å². The molecule has 2 atom stereocenters. The number of hydrogen-bond acceptors (Lipinski definition) is 3. The number of urea groups is 1. The lowest BCUT2D eigenvalue weighted by Gasteiger charge is -2.36. The summed E-state index contributed by atoms with van der Waals surface area (Å²) in [5.74, 6) is -0.530. The maximum absolute atomic E-state index is 12.9. The molecule has 1 aromatic rings. The van der Waals surface area contributed by atoms with Crippen molar-refractivity contribution in [3.63, 3.8) is 0 Å². The lowest BCUT2D eigenvalue weighted by atomic mass is 9.73. The van der Waals surface area contributed by atoms with Crippen LogP contribution in [-0.4, -0.2) is 46.8 Å². The first-order valence-corrected chi connectivity index (χ1v) is 9.82. The van der Waals surface area contributed by atoms with Gasteiger partial charge in [-0.3, -0.25) is 14.5 Å². The standard InChI is InChI=1S/C19H23Cl2N3O3/c1-12-5-3-4-8-19(12)17(26)24(18(27)22-19)11-16(25)23(2)10-13-6-7-14(20)15(21)9-13/h6-7,9,12H,3-5,8,10-11H2,1-2H3,(H,22,27)/t12-,19-/m1/s1. The predicted molar refractivity (Wildman–Crippen MR) is 104 cm³/mol. The predicted octanol–water partition coefficient (Wildman–Crippen LogP) is 3.45. The second-order valence-corrected chi connectivity index (χ2v) is 8.25. The molecule has 1 aromatic carbocycles. The molecule has 8 heteroatoms. The monoisotopic (exact) mass is 411 g/mol. The molecule has 146 valence electrons. The first-order valence-electron chi connectivity index (χ1n) is 9.06. The summed E-state index contributed by atoms with van der Waals surface area (Å²) in [5, 5.41) is 3.72. The molecule has 1 saturated heterocycles. The van der Waals surface area contributed by atoms with Crippen molar-refractivity contribution in [1.82, 2.24) is 15.1 Å². The van der Waals surface area contributed by atoms with Crippen LogP contribution >= 0.6 is 23.2 Å². The molecule has 4 amide bonds. The van der Waals surface area contributed by atoms with Crippen LogP contribution in [0.25, 0.3) is 0 Å². The highest BCUT2D eigenvalue weighted by Gasteiger charge is 2.55. The third kappa shape index (κ3) is 3.78. The molecule has 0 aromatic heterocycles. The Bertz CT molecular complexity index is 785. The van der Waals surface area contributed by atoms with Gasteiger partial charge in [0.25, 0.3) is 5.91 Å². The molecule has 0 unspecified atom stereocenters. The summed E-state index contributed by atoms with van der Waals surface area (Å²) >= 11 is 11.9. The van der Waals surface area contributed by atoms with Crippen LogP contribution in [0.3, 0.4) is 0 Å². The van der Waals surface area contributed by atoms with E-state index in [1.807, 2.05) is 6.92 Å². The fraction of sp³-hybridized carbons (Fsp3) is 0.526. The molecule has 1 heterocycles. The van der Waals surface area contributed by atoms with Crippen LogP contribution in [0.4, 0.5) is 4.79 Å². The van der Waals surface area contributed by atoms with Crippen molar-refractivity contribution in [2.75, 3.05) is 13.6 Å². The van der Waals surface area contributed by atoms with Gasteiger partial charge in [0.15, 0.2) is 0 Å². The lowest BCUT2D eigenvalue weighted by Crippen LogP contribution is -2.54. The first kappa shape index (κ1) is 20.0. The fourth-order valence-corrected chi connectivity index (χ4v) is 4.22. The molecule has 1 aliphatic heterocycles. The van der Waals surface area contributed by atoms with Gasteiger partial charge in [0.2, 0.25) is 5.91 Å².